The van der Waals surface area contributed by atoms with Gasteiger partial charge in [-0.05, 0) is 86.6 Å². The Morgan fingerprint density at radius 2 is 1.17 bits per heavy atom. The molecule has 0 spiro atoms. The zero-order chi connectivity index (χ0) is 31.5. The van der Waals surface area contributed by atoms with Gasteiger partial charge in [0.1, 0.15) is 5.01 Å². The summed E-state index contributed by atoms with van der Waals surface area (Å²) < 4.78 is 1.17. The monoisotopic (exact) mass is 620 g/mol. The van der Waals surface area contributed by atoms with E-state index in [9.17, 15) is 0 Å². The average molecular weight is 621 g/mol. The highest BCUT2D eigenvalue weighted by Crippen LogP contribution is 2.51. The predicted octanol–water partition coefficient (Wildman–Crippen LogP) is 12.6. The van der Waals surface area contributed by atoms with Crippen LogP contribution in [-0.4, -0.2) is 4.98 Å². The van der Waals surface area contributed by atoms with Gasteiger partial charge in [0.15, 0.2) is 0 Å². The molecule has 224 valence electrons. The highest BCUT2D eigenvalue weighted by Gasteiger charge is 2.35. The maximum Gasteiger partial charge on any atom is 0.124 e. The lowest BCUT2D eigenvalue weighted by atomic mass is 9.82. The number of anilines is 3. The maximum absolute atomic E-state index is 4.99. The van der Waals surface area contributed by atoms with Crippen molar-refractivity contribution in [3.05, 3.63) is 169 Å². The molecule has 8 aromatic rings. The third-order valence-electron chi connectivity index (χ3n) is 9.70. The van der Waals surface area contributed by atoms with Crippen LogP contribution in [0.3, 0.4) is 0 Å². The van der Waals surface area contributed by atoms with Crippen LogP contribution in [-0.2, 0) is 5.41 Å². The summed E-state index contributed by atoms with van der Waals surface area (Å²) in [4.78, 5) is 7.38. The smallest absolute Gasteiger partial charge is 0.124 e. The van der Waals surface area contributed by atoms with E-state index in [1.54, 1.807) is 11.3 Å². The Morgan fingerprint density at radius 3 is 2.04 bits per heavy atom. The first-order valence-corrected chi connectivity index (χ1v) is 16.9. The molecule has 0 bridgehead atoms. The summed E-state index contributed by atoms with van der Waals surface area (Å²) in [7, 11) is 0. The minimum absolute atomic E-state index is 0.0853. The van der Waals surface area contributed by atoms with Gasteiger partial charge in [0.05, 0.1) is 10.2 Å². The molecule has 47 heavy (non-hydrogen) atoms. The van der Waals surface area contributed by atoms with E-state index >= 15 is 0 Å². The SMILES string of the molecule is CC1(C)c2ccccc2-c2ccc(N(c3ccc(-c4cccc5ccccc45)cc3)c3ccc4nc(-c5ccccc5)sc4c3)cc21. The molecule has 0 radical (unpaired) electrons. The Bertz CT molecular complexity index is 2430. The van der Waals surface area contributed by atoms with Gasteiger partial charge in [-0.2, -0.15) is 0 Å². The van der Waals surface area contributed by atoms with Gasteiger partial charge in [-0.1, -0.05) is 129 Å². The van der Waals surface area contributed by atoms with Crippen molar-refractivity contribution in [2.24, 2.45) is 0 Å². The van der Waals surface area contributed by atoms with Gasteiger partial charge in [-0.3, -0.25) is 0 Å². The van der Waals surface area contributed by atoms with E-state index in [1.807, 2.05) is 0 Å². The van der Waals surface area contributed by atoms with Crippen LogP contribution in [0.15, 0.2) is 158 Å². The fraction of sp³-hybridized carbons (Fsp3) is 0.0682. The Balaban J connectivity index is 1.19. The molecule has 1 heterocycles. The van der Waals surface area contributed by atoms with E-state index in [0.29, 0.717) is 0 Å². The van der Waals surface area contributed by atoms with Crippen molar-refractivity contribution >= 4 is 49.4 Å². The molecule has 0 aliphatic heterocycles. The van der Waals surface area contributed by atoms with E-state index in [0.717, 1.165) is 33.1 Å². The number of rotatable bonds is 5. The Labute approximate surface area is 279 Å². The van der Waals surface area contributed by atoms with Crippen LogP contribution in [0, 0.1) is 0 Å². The van der Waals surface area contributed by atoms with Crippen LogP contribution in [0.25, 0.3) is 53.8 Å². The summed E-state index contributed by atoms with van der Waals surface area (Å²) in [5.74, 6) is 0. The van der Waals surface area contributed by atoms with Crippen LogP contribution >= 0.6 is 11.3 Å². The fourth-order valence-electron chi connectivity index (χ4n) is 7.30. The third kappa shape index (κ3) is 4.58. The number of thiazole rings is 1. The van der Waals surface area contributed by atoms with Crippen molar-refractivity contribution < 1.29 is 0 Å². The summed E-state index contributed by atoms with van der Waals surface area (Å²) in [6, 6.07) is 57.2. The number of hydrogen-bond donors (Lipinski definition) is 0. The number of benzene rings is 7. The van der Waals surface area contributed by atoms with Gasteiger partial charge in [0.2, 0.25) is 0 Å². The topological polar surface area (TPSA) is 16.1 Å². The van der Waals surface area contributed by atoms with Crippen molar-refractivity contribution in [2.75, 3.05) is 4.90 Å². The van der Waals surface area contributed by atoms with Crippen LogP contribution in [0.4, 0.5) is 17.1 Å². The van der Waals surface area contributed by atoms with Crippen molar-refractivity contribution in [1.29, 1.82) is 0 Å². The number of nitrogens with zero attached hydrogens (tertiary/aromatic N) is 2. The predicted molar refractivity (Wildman–Crippen MR) is 200 cm³/mol. The van der Waals surface area contributed by atoms with Gasteiger partial charge < -0.3 is 4.90 Å². The summed E-state index contributed by atoms with van der Waals surface area (Å²) in [5.41, 5.74) is 13.3. The highest BCUT2D eigenvalue weighted by atomic mass is 32.1. The lowest BCUT2D eigenvalue weighted by Gasteiger charge is -2.28. The second kappa shape index (κ2) is 10.8. The van der Waals surface area contributed by atoms with Crippen LogP contribution < -0.4 is 4.90 Å². The zero-order valence-electron chi connectivity index (χ0n) is 26.3. The number of hydrogen-bond acceptors (Lipinski definition) is 3. The van der Waals surface area contributed by atoms with Crippen LogP contribution in [0.1, 0.15) is 25.0 Å². The molecular formula is C44H32N2S. The van der Waals surface area contributed by atoms with Crippen LogP contribution in [0.2, 0.25) is 0 Å². The molecule has 0 fully saturated rings. The molecule has 1 aromatic heterocycles. The molecule has 0 N–H and O–H groups in total. The van der Waals surface area contributed by atoms with Crippen LogP contribution in [0.5, 0.6) is 0 Å². The fourth-order valence-corrected chi connectivity index (χ4v) is 8.31. The summed E-state index contributed by atoms with van der Waals surface area (Å²) >= 11 is 1.75. The Morgan fingerprint density at radius 1 is 0.511 bits per heavy atom. The van der Waals surface area contributed by atoms with Crippen molar-refractivity contribution in [3.63, 3.8) is 0 Å². The summed E-state index contributed by atoms with van der Waals surface area (Å²) in [6.07, 6.45) is 0. The Kier molecular flexibility index (Phi) is 6.38. The largest absolute Gasteiger partial charge is 0.310 e. The molecule has 0 saturated heterocycles. The second-order valence-corrected chi connectivity index (χ2v) is 13.9. The van der Waals surface area contributed by atoms with Gasteiger partial charge in [-0.15, -0.1) is 11.3 Å². The molecule has 3 heteroatoms. The molecule has 9 rings (SSSR count). The van der Waals surface area contributed by atoms with Gasteiger partial charge >= 0.3 is 0 Å². The molecule has 7 aromatic carbocycles. The molecule has 0 amide bonds. The first-order valence-electron chi connectivity index (χ1n) is 16.1. The molecule has 2 nitrogen and oxygen atoms in total. The maximum atomic E-state index is 4.99. The molecule has 1 aliphatic rings. The number of aromatic nitrogens is 1. The van der Waals surface area contributed by atoms with Crippen molar-refractivity contribution in [2.45, 2.75) is 19.3 Å². The van der Waals surface area contributed by atoms with Crippen molar-refractivity contribution in [1.82, 2.24) is 4.98 Å². The Hall–Kier alpha value is -5.51. The van der Waals surface area contributed by atoms with Gasteiger partial charge in [-0.25, -0.2) is 4.98 Å². The second-order valence-electron chi connectivity index (χ2n) is 12.8. The van der Waals surface area contributed by atoms with E-state index < -0.39 is 0 Å². The lowest BCUT2D eigenvalue weighted by molar-refractivity contribution is 0.660. The third-order valence-corrected chi connectivity index (χ3v) is 10.8. The minimum Gasteiger partial charge on any atom is -0.310 e. The number of fused-ring (bicyclic) bond motifs is 5. The molecular weight excluding hydrogens is 589 g/mol. The standard InChI is InChI=1S/C44H32N2S/c1-44(2)39-18-9-8-16-37(39)38-25-23-33(27-40(38)44)46(34-24-26-41-42(28-34)47-43(45-41)31-12-4-3-5-13-31)32-21-19-30(20-22-32)36-17-10-14-29-11-6-7-15-35(29)36/h3-28H,1-2H3. The van der Waals surface area contributed by atoms with E-state index in [4.69, 9.17) is 4.98 Å². The molecule has 0 saturated carbocycles. The summed E-state index contributed by atoms with van der Waals surface area (Å²) in [5, 5.41) is 3.57. The highest BCUT2D eigenvalue weighted by molar-refractivity contribution is 7.21. The van der Waals surface area contributed by atoms with Gasteiger partial charge in [0, 0.05) is 28.0 Å². The van der Waals surface area contributed by atoms with Gasteiger partial charge in [0.25, 0.3) is 0 Å². The minimum atomic E-state index is -0.0853. The summed E-state index contributed by atoms with van der Waals surface area (Å²) in [6.45, 7) is 4.69. The quantitative estimate of drug-likeness (QED) is 0.190. The van der Waals surface area contributed by atoms with E-state index in [1.165, 1.54) is 48.9 Å². The first-order chi connectivity index (χ1) is 23.0. The lowest BCUT2D eigenvalue weighted by Crippen LogP contribution is -2.16. The van der Waals surface area contributed by atoms with E-state index in [-0.39, 0.29) is 5.41 Å². The van der Waals surface area contributed by atoms with Crippen molar-refractivity contribution in [3.8, 4) is 32.8 Å². The normalized spacial score (nSPS) is 13.1. The van der Waals surface area contributed by atoms with E-state index in [2.05, 4.69) is 176 Å². The molecule has 0 atom stereocenters. The molecule has 1 aliphatic carbocycles. The average Bonchev–Trinajstić information content (AvgIpc) is 3.65. The first kappa shape index (κ1) is 27.8. The molecule has 0 unspecified atom stereocenters. The zero-order valence-corrected chi connectivity index (χ0v) is 27.1.